The smallest absolute Gasteiger partial charge is 0.258 e. The molecule has 106 valence electrons. The number of benzene rings is 2. The Balaban J connectivity index is 2.05. The van der Waals surface area contributed by atoms with Crippen molar-refractivity contribution in [1.82, 2.24) is 10.1 Å². The molecule has 7 heteroatoms. The summed E-state index contributed by atoms with van der Waals surface area (Å²) in [7, 11) is 0. The highest BCUT2D eigenvalue weighted by Gasteiger charge is 2.17. The van der Waals surface area contributed by atoms with Crippen LogP contribution in [-0.4, -0.2) is 10.1 Å². The lowest BCUT2D eigenvalue weighted by Gasteiger charge is -2.01. The minimum Gasteiger partial charge on any atom is -0.399 e. The molecule has 0 amide bonds. The normalized spacial score (nSPS) is 10.8. The van der Waals surface area contributed by atoms with Gasteiger partial charge in [-0.3, -0.25) is 0 Å². The van der Waals surface area contributed by atoms with Gasteiger partial charge in [0.15, 0.2) is 11.6 Å². The molecule has 0 unspecified atom stereocenters. The van der Waals surface area contributed by atoms with Crippen molar-refractivity contribution in [2.75, 3.05) is 5.73 Å². The van der Waals surface area contributed by atoms with Gasteiger partial charge in [-0.1, -0.05) is 11.2 Å². The molecular formula is C14H8BrF2N3O. The van der Waals surface area contributed by atoms with Gasteiger partial charge < -0.3 is 10.3 Å². The second-order valence-corrected chi connectivity index (χ2v) is 5.06. The van der Waals surface area contributed by atoms with Gasteiger partial charge in [0.25, 0.3) is 5.89 Å². The Kier molecular flexibility index (Phi) is 3.42. The summed E-state index contributed by atoms with van der Waals surface area (Å²) in [5, 5.41) is 3.78. The van der Waals surface area contributed by atoms with Crippen molar-refractivity contribution in [2.24, 2.45) is 0 Å². The Labute approximate surface area is 126 Å². The van der Waals surface area contributed by atoms with Crippen molar-refractivity contribution >= 4 is 21.6 Å². The molecule has 1 heterocycles. The maximum atomic E-state index is 13.5. The molecule has 0 fully saturated rings. The summed E-state index contributed by atoms with van der Waals surface area (Å²) in [6, 6.07) is 9.29. The van der Waals surface area contributed by atoms with Crippen molar-refractivity contribution in [2.45, 2.75) is 0 Å². The first-order chi connectivity index (χ1) is 10.1. The van der Waals surface area contributed by atoms with Crippen LogP contribution in [0.25, 0.3) is 22.8 Å². The van der Waals surface area contributed by atoms with E-state index in [0.29, 0.717) is 16.8 Å². The van der Waals surface area contributed by atoms with Crippen molar-refractivity contribution in [3.8, 4) is 22.8 Å². The van der Waals surface area contributed by atoms with Gasteiger partial charge in [0.2, 0.25) is 5.82 Å². The summed E-state index contributed by atoms with van der Waals surface area (Å²) in [5.74, 6) is -1.56. The highest BCUT2D eigenvalue weighted by atomic mass is 79.9. The van der Waals surface area contributed by atoms with Gasteiger partial charge in [0.1, 0.15) is 0 Å². The number of halogens is 3. The second-order valence-electron chi connectivity index (χ2n) is 4.27. The largest absolute Gasteiger partial charge is 0.399 e. The predicted molar refractivity (Wildman–Crippen MR) is 77.2 cm³/mol. The molecule has 0 aliphatic carbocycles. The number of aromatic nitrogens is 2. The summed E-state index contributed by atoms with van der Waals surface area (Å²) < 4.78 is 31.7. The van der Waals surface area contributed by atoms with Crippen LogP contribution in [0.4, 0.5) is 14.5 Å². The molecule has 0 radical (unpaired) electrons. The van der Waals surface area contributed by atoms with Crippen molar-refractivity contribution in [3.63, 3.8) is 0 Å². The molecule has 3 aromatic rings. The average molecular weight is 352 g/mol. The zero-order chi connectivity index (χ0) is 15.0. The van der Waals surface area contributed by atoms with E-state index in [1.165, 1.54) is 6.07 Å². The van der Waals surface area contributed by atoms with Crippen LogP contribution in [0.15, 0.2) is 45.4 Å². The summed E-state index contributed by atoms with van der Waals surface area (Å²) in [5.41, 5.74) is 7.19. The van der Waals surface area contributed by atoms with Crippen LogP contribution in [0.5, 0.6) is 0 Å². The zero-order valence-corrected chi connectivity index (χ0v) is 12.1. The first-order valence-corrected chi connectivity index (χ1v) is 6.69. The maximum Gasteiger partial charge on any atom is 0.258 e. The SMILES string of the molecule is Nc1cccc(-c2nc(-c3ccc(F)c(F)c3Br)no2)c1. The number of nitrogens with two attached hydrogens (primary N) is 1. The maximum absolute atomic E-state index is 13.5. The molecule has 2 N–H and O–H groups in total. The van der Waals surface area contributed by atoms with Gasteiger partial charge in [-0.15, -0.1) is 0 Å². The molecule has 0 bridgehead atoms. The van der Waals surface area contributed by atoms with Crippen LogP contribution < -0.4 is 5.73 Å². The standard InChI is InChI=1S/C14H8BrF2N3O/c15-11-9(4-5-10(16)12(11)17)13-19-14(21-20-13)7-2-1-3-8(18)6-7/h1-6H,18H2. The summed E-state index contributed by atoms with van der Waals surface area (Å²) >= 11 is 2.99. The molecule has 4 nitrogen and oxygen atoms in total. The highest BCUT2D eigenvalue weighted by molar-refractivity contribution is 9.10. The fourth-order valence-corrected chi connectivity index (χ4v) is 2.32. The molecule has 21 heavy (non-hydrogen) atoms. The molecule has 3 rings (SSSR count). The van der Waals surface area contributed by atoms with Gasteiger partial charge in [-0.2, -0.15) is 4.98 Å². The van der Waals surface area contributed by atoms with Crippen LogP contribution >= 0.6 is 15.9 Å². The van der Waals surface area contributed by atoms with Gasteiger partial charge in [0.05, 0.1) is 4.47 Å². The Morgan fingerprint density at radius 2 is 1.95 bits per heavy atom. The lowest BCUT2D eigenvalue weighted by Crippen LogP contribution is -1.90. The zero-order valence-electron chi connectivity index (χ0n) is 10.5. The van der Waals surface area contributed by atoms with E-state index in [1.807, 2.05) is 0 Å². The van der Waals surface area contributed by atoms with E-state index in [-0.39, 0.29) is 16.2 Å². The van der Waals surface area contributed by atoms with E-state index in [1.54, 1.807) is 24.3 Å². The topological polar surface area (TPSA) is 64.9 Å². The van der Waals surface area contributed by atoms with Gasteiger partial charge >= 0.3 is 0 Å². The first kappa shape index (κ1) is 13.7. The van der Waals surface area contributed by atoms with Crippen molar-refractivity contribution in [1.29, 1.82) is 0 Å². The third kappa shape index (κ3) is 2.52. The molecule has 0 aliphatic rings. The van der Waals surface area contributed by atoms with Crippen LogP contribution in [0.1, 0.15) is 0 Å². The van der Waals surface area contributed by atoms with E-state index >= 15 is 0 Å². The Morgan fingerprint density at radius 1 is 1.14 bits per heavy atom. The van der Waals surface area contributed by atoms with Crippen molar-refractivity contribution in [3.05, 3.63) is 52.5 Å². The molecule has 0 aliphatic heterocycles. The minimum absolute atomic E-state index is 0.0533. The predicted octanol–water partition coefficient (Wildman–Crippen LogP) is 4.03. The van der Waals surface area contributed by atoms with E-state index < -0.39 is 11.6 Å². The van der Waals surface area contributed by atoms with Gasteiger partial charge in [-0.25, -0.2) is 8.78 Å². The van der Waals surface area contributed by atoms with E-state index in [0.717, 1.165) is 6.07 Å². The Morgan fingerprint density at radius 3 is 2.71 bits per heavy atom. The quantitative estimate of drug-likeness (QED) is 0.559. The third-order valence-electron chi connectivity index (χ3n) is 2.84. The third-order valence-corrected chi connectivity index (χ3v) is 3.61. The number of hydrogen-bond acceptors (Lipinski definition) is 4. The first-order valence-electron chi connectivity index (χ1n) is 5.90. The number of anilines is 1. The summed E-state index contributed by atoms with van der Waals surface area (Å²) in [4.78, 5) is 4.17. The van der Waals surface area contributed by atoms with Crippen LogP contribution in [0.2, 0.25) is 0 Å². The van der Waals surface area contributed by atoms with E-state index in [4.69, 9.17) is 10.3 Å². The molecule has 0 spiro atoms. The highest BCUT2D eigenvalue weighted by Crippen LogP contribution is 2.31. The molecule has 1 aromatic heterocycles. The Bertz CT molecular complexity index is 820. The van der Waals surface area contributed by atoms with Crippen LogP contribution in [0, 0.1) is 11.6 Å². The van der Waals surface area contributed by atoms with Crippen molar-refractivity contribution < 1.29 is 13.3 Å². The molecule has 0 saturated carbocycles. The molecule has 0 atom stereocenters. The van der Waals surface area contributed by atoms with Crippen LogP contribution in [0.3, 0.4) is 0 Å². The fraction of sp³-hybridized carbons (Fsp3) is 0. The van der Waals surface area contributed by atoms with E-state index in [9.17, 15) is 8.78 Å². The minimum atomic E-state index is -0.997. The van der Waals surface area contributed by atoms with Gasteiger partial charge in [0, 0.05) is 16.8 Å². The van der Waals surface area contributed by atoms with Crippen LogP contribution in [-0.2, 0) is 0 Å². The molecular weight excluding hydrogens is 344 g/mol. The van der Waals surface area contributed by atoms with E-state index in [2.05, 4.69) is 26.1 Å². The monoisotopic (exact) mass is 351 g/mol. The summed E-state index contributed by atoms with van der Waals surface area (Å²) in [6.45, 7) is 0. The number of hydrogen-bond donors (Lipinski definition) is 1. The second kappa shape index (κ2) is 5.25. The Hall–Kier alpha value is -2.28. The fourth-order valence-electron chi connectivity index (χ4n) is 1.82. The lowest BCUT2D eigenvalue weighted by molar-refractivity contribution is 0.432. The average Bonchev–Trinajstić information content (AvgIpc) is 2.94. The molecule has 2 aromatic carbocycles. The number of rotatable bonds is 2. The summed E-state index contributed by atoms with van der Waals surface area (Å²) in [6.07, 6.45) is 0. The lowest BCUT2D eigenvalue weighted by atomic mass is 10.2. The number of nitrogen functional groups attached to an aromatic ring is 1. The van der Waals surface area contributed by atoms with Gasteiger partial charge in [-0.05, 0) is 46.3 Å². The molecule has 0 saturated heterocycles. The number of nitrogens with zero attached hydrogens (tertiary/aromatic N) is 2.